The second-order valence-electron chi connectivity index (χ2n) is 19.8. The molecule has 2 aliphatic heterocycles. The van der Waals surface area contributed by atoms with Crippen molar-refractivity contribution >= 4 is 0 Å². The van der Waals surface area contributed by atoms with Crippen LogP contribution < -0.4 is 0 Å². The molecule has 2 saturated heterocycles. The molecule has 6 fully saturated rings. The van der Waals surface area contributed by atoms with Crippen molar-refractivity contribution in [2.24, 2.45) is 45.8 Å². The summed E-state index contributed by atoms with van der Waals surface area (Å²) in [4.78, 5) is 0. The van der Waals surface area contributed by atoms with Gasteiger partial charge in [0.15, 0.2) is 12.6 Å². The summed E-state index contributed by atoms with van der Waals surface area (Å²) in [5.41, 5.74) is -1.18. The zero-order valence-electron chi connectivity index (χ0n) is 34.4. The van der Waals surface area contributed by atoms with Crippen LogP contribution in [0.15, 0.2) is 11.6 Å². The van der Waals surface area contributed by atoms with Gasteiger partial charge in [-0.05, 0) is 117 Å². The molecule has 6 rings (SSSR count). The van der Waals surface area contributed by atoms with Crippen LogP contribution in [0.2, 0.25) is 0 Å². The normalized spacial score (nSPS) is 51.8. The number of allylic oxidation sites excluding steroid dienone is 2. The van der Waals surface area contributed by atoms with E-state index in [0.717, 1.165) is 25.7 Å². The van der Waals surface area contributed by atoms with E-state index in [-0.39, 0.29) is 35.0 Å². The van der Waals surface area contributed by atoms with Crippen LogP contribution >= 0.6 is 0 Å². The number of hydrogen-bond donors (Lipinski definition) is 10. The molecule has 4 unspecified atom stereocenters. The number of aliphatic hydroxyl groups is 10. The predicted octanol–water partition coefficient (Wildman–Crippen LogP) is 1.12. The van der Waals surface area contributed by atoms with Gasteiger partial charge in [0.1, 0.15) is 48.8 Å². The monoisotopic (exact) mass is 800 g/mol. The molecule has 0 spiro atoms. The maximum atomic E-state index is 12.2. The van der Waals surface area contributed by atoms with Gasteiger partial charge in [-0.25, -0.2) is 0 Å². The van der Waals surface area contributed by atoms with Gasteiger partial charge in [-0.1, -0.05) is 46.3 Å². The molecule has 56 heavy (non-hydrogen) atoms. The van der Waals surface area contributed by atoms with E-state index < -0.39 is 109 Å². The molecule has 0 aromatic carbocycles. The van der Waals surface area contributed by atoms with Gasteiger partial charge in [-0.15, -0.1) is 0 Å². The lowest BCUT2D eigenvalue weighted by molar-refractivity contribution is -0.380. The Morgan fingerprint density at radius 3 is 1.98 bits per heavy atom. The third-order valence-corrected chi connectivity index (χ3v) is 16.2. The fourth-order valence-corrected chi connectivity index (χ4v) is 12.9. The summed E-state index contributed by atoms with van der Waals surface area (Å²) < 4.78 is 24.8. The minimum atomic E-state index is -1.80. The lowest BCUT2D eigenvalue weighted by Gasteiger charge is -2.68. The summed E-state index contributed by atoms with van der Waals surface area (Å²) in [6.45, 7) is 13.3. The minimum absolute atomic E-state index is 0.0359. The maximum absolute atomic E-state index is 12.2. The molecule has 0 aromatic heterocycles. The van der Waals surface area contributed by atoms with Crippen molar-refractivity contribution in [3.8, 4) is 0 Å². The third kappa shape index (κ3) is 7.58. The van der Waals surface area contributed by atoms with Gasteiger partial charge in [0.2, 0.25) is 0 Å². The molecule has 0 amide bonds. The van der Waals surface area contributed by atoms with E-state index in [0.29, 0.717) is 32.1 Å². The fourth-order valence-electron chi connectivity index (χ4n) is 12.9. The first-order valence-electron chi connectivity index (χ1n) is 21.2. The van der Waals surface area contributed by atoms with Gasteiger partial charge in [0, 0.05) is 0 Å². The first kappa shape index (κ1) is 44.7. The zero-order valence-corrected chi connectivity index (χ0v) is 34.4. The molecule has 14 heteroatoms. The number of fused-ring (bicyclic) bond motifs is 5. The van der Waals surface area contributed by atoms with Gasteiger partial charge in [0.25, 0.3) is 0 Å². The molecule has 14 nitrogen and oxygen atoms in total. The van der Waals surface area contributed by atoms with E-state index in [1.165, 1.54) is 5.57 Å². The molecule has 10 N–H and O–H groups in total. The van der Waals surface area contributed by atoms with Crippen LogP contribution in [-0.4, -0.2) is 150 Å². The van der Waals surface area contributed by atoms with Gasteiger partial charge in [-0.3, -0.25) is 0 Å². The second-order valence-corrected chi connectivity index (χ2v) is 19.8. The van der Waals surface area contributed by atoms with E-state index in [1.54, 1.807) is 0 Å². The number of ether oxygens (including phenoxy) is 4. The smallest absolute Gasteiger partial charge is 0.187 e. The van der Waals surface area contributed by atoms with Crippen molar-refractivity contribution in [1.82, 2.24) is 0 Å². The lowest BCUT2D eigenvalue weighted by atomic mass is 9.39. The average Bonchev–Trinajstić information content (AvgIpc) is 3.53. The molecule has 2 heterocycles. The highest BCUT2D eigenvalue weighted by atomic mass is 16.8. The van der Waals surface area contributed by atoms with Crippen molar-refractivity contribution < 1.29 is 70.0 Å². The average molecular weight is 801 g/mol. The molecular formula is C42H72O14. The largest absolute Gasteiger partial charge is 0.394 e. The molecule has 4 aliphatic carbocycles. The van der Waals surface area contributed by atoms with Crippen LogP contribution in [0, 0.1) is 45.8 Å². The second kappa shape index (κ2) is 16.6. The van der Waals surface area contributed by atoms with Crippen molar-refractivity contribution in [1.29, 1.82) is 0 Å². The standard InChI is InChI=1S/C42H72O14/c1-8-20(2)10-9-13-42(7,52)21-11-14-40(5)23-17-25(36-39(3,4)28(46)12-15-41(36,6)22(23)16-24(45)29(21)40)53-38-35(33(50)31(48)27(19-44)55-38)56-37-34(51)32(49)30(47)26(18-43)54-37/h10,21-38,43-52H,8-9,11-19H2,1-7H3/b20-10+/t21-,22?,23?,24-,25+,26+,27+,28?,29+,30+,31+,32-,33-,34+,35+,36?,37-,38+,40+,41+,42-/m0/s1. The van der Waals surface area contributed by atoms with Gasteiger partial charge in [-0.2, -0.15) is 0 Å². The van der Waals surface area contributed by atoms with E-state index in [4.69, 9.17) is 18.9 Å². The van der Waals surface area contributed by atoms with E-state index in [1.807, 2.05) is 20.8 Å². The van der Waals surface area contributed by atoms with Gasteiger partial charge < -0.3 is 70.0 Å². The third-order valence-electron chi connectivity index (χ3n) is 16.2. The lowest BCUT2D eigenvalue weighted by Crippen LogP contribution is -2.68. The van der Waals surface area contributed by atoms with Crippen molar-refractivity contribution in [3.05, 3.63) is 11.6 Å². The van der Waals surface area contributed by atoms with Crippen molar-refractivity contribution in [2.45, 2.75) is 192 Å². The highest BCUT2D eigenvalue weighted by Crippen LogP contribution is 2.71. The summed E-state index contributed by atoms with van der Waals surface area (Å²) in [5.74, 6) is -0.460. The Bertz CT molecular complexity index is 1370. The first-order valence-corrected chi connectivity index (χ1v) is 21.2. The summed E-state index contributed by atoms with van der Waals surface area (Å²) in [6, 6.07) is 0. The topological polar surface area (TPSA) is 239 Å². The van der Waals surface area contributed by atoms with Crippen LogP contribution in [0.1, 0.15) is 106 Å². The predicted molar refractivity (Wildman–Crippen MR) is 202 cm³/mol. The van der Waals surface area contributed by atoms with Crippen molar-refractivity contribution in [2.75, 3.05) is 13.2 Å². The molecule has 324 valence electrons. The number of aliphatic hydroxyl groups excluding tert-OH is 9. The summed E-state index contributed by atoms with van der Waals surface area (Å²) >= 11 is 0. The fraction of sp³-hybridized carbons (Fsp3) is 0.952. The minimum Gasteiger partial charge on any atom is -0.394 e. The Balaban J connectivity index is 1.35. The van der Waals surface area contributed by atoms with Crippen molar-refractivity contribution in [3.63, 3.8) is 0 Å². The van der Waals surface area contributed by atoms with Gasteiger partial charge >= 0.3 is 0 Å². The van der Waals surface area contributed by atoms with Crippen LogP contribution in [-0.2, 0) is 18.9 Å². The molecule has 0 aromatic rings. The molecular weight excluding hydrogens is 728 g/mol. The summed E-state index contributed by atoms with van der Waals surface area (Å²) in [6.07, 6.45) is -9.29. The molecule has 4 saturated carbocycles. The van der Waals surface area contributed by atoms with Crippen LogP contribution in [0.25, 0.3) is 0 Å². The molecule has 0 radical (unpaired) electrons. The molecule has 21 atom stereocenters. The Labute approximate surface area is 331 Å². The Morgan fingerprint density at radius 1 is 0.768 bits per heavy atom. The maximum Gasteiger partial charge on any atom is 0.187 e. The zero-order chi connectivity index (χ0) is 41.3. The first-order chi connectivity index (χ1) is 26.2. The van der Waals surface area contributed by atoms with Crippen LogP contribution in [0.3, 0.4) is 0 Å². The highest BCUT2D eigenvalue weighted by Gasteiger charge is 2.69. The quantitative estimate of drug-likeness (QED) is 0.104. The Hall–Kier alpha value is -0.820. The number of rotatable bonds is 11. The summed E-state index contributed by atoms with van der Waals surface area (Å²) in [7, 11) is 0. The van der Waals surface area contributed by atoms with Crippen LogP contribution in [0.5, 0.6) is 0 Å². The highest BCUT2D eigenvalue weighted by molar-refractivity contribution is 5.18. The van der Waals surface area contributed by atoms with E-state index in [2.05, 4.69) is 33.8 Å². The van der Waals surface area contributed by atoms with E-state index >= 15 is 0 Å². The SMILES string of the molecule is CC/C(C)=C/CC[C@](C)(O)[C@H]1CC[C@]2(C)C3C[C@@H](O[C@@H]4O[C@H](CO)[C@@H](O)[C@H](O)[C@H]4O[C@@H]4O[C@H](CO)[C@@H](O)[C@H](O)[C@H]4O)C4C(C)(C)C(O)CC[C@]4(C)C3C[C@H](O)[C@@H]12. The Morgan fingerprint density at radius 2 is 1.36 bits per heavy atom. The molecule has 0 bridgehead atoms. The van der Waals surface area contributed by atoms with Gasteiger partial charge in [0.05, 0.1) is 37.1 Å². The molecule has 6 aliphatic rings. The van der Waals surface area contributed by atoms with E-state index in [9.17, 15) is 51.1 Å². The summed E-state index contributed by atoms with van der Waals surface area (Å²) in [5, 5.41) is 110. The Kier molecular flexibility index (Phi) is 13.2. The number of hydrogen-bond acceptors (Lipinski definition) is 14. The van der Waals surface area contributed by atoms with Crippen LogP contribution in [0.4, 0.5) is 0 Å².